The summed E-state index contributed by atoms with van der Waals surface area (Å²) in [6, 6.07) is 27.7. The highest BCUT2D eigenvalue weighted by Crippen LogP contribution is 2.33. The Morgan fingerprint density at radius 2 is 1.02 bits per heavy atom. The van der Waals surface area contributed by atoms with Crippen LogP contribution in [0.5, 0.6) is 0 Å². The lowest BCUT2D eigenvalue weighted by molar-refractivity contribution is -0.143. The zero-order valence-corrected chi connectivity index (χ0v) is 34.2. The van der Waals surface area contributed by atoms with Crippen molar-refractivity contribution in [3.63, 3.8) is 0 Å². The van der Waals surface area contributed by atoms with E-state index in [0.717, 1.165) is 35.4 Å². The Bertz CT molecular complexity index is 2570. The molecule has 0 aliphatic carbocycles. The number of carbonyl (C=O) groups is 2. The molecule has 13 nitrogen and oxygen atoms in total. The van der Waals surface area contributed by atoms with Gasteiger partial charge in [0, 0.05) is 11.1 Å². The van der Waals surface area contributed by atoms with Crippen LogP contribution in [-0.2, 0) is 45.6 Å². The van der Waals surface area contributed by atoms with Gasteiger partial charge in [-0.15, -0.1) is 20.4 Å². The fourth-order valence-electron chi connectivity index (χ4n) is 5.53. The van der Waals surface area contributed by atoms with Crippen molar-refractivity contribution in [2.75, 3.05) is 13.1 Å². The molecule has 6 rings (SSSR count). The fourth-order valence-corrected chi connectivity index (χ4v) is 5.53. The number of hydrogen-bond donors (Lipinski definition) is 3. The van der Waals surface area contributed by atoms with Gasteiger partial charge in [-0.3, -0.25) is 9.59 Å². The zero-order chi connectivity index (χ0) is 46.6. The number of carboxylic acid groups (broad SMARTS) is 1. The number of hydrogen-bond acceptors (Lipinski definition) is 11. The molecule has 6 aromatic rings. The number of nitriles is 2. The lowest BCUT2D eigenvalue weighted by Gasteiger charge is -2.18. The number of halogens is 6. The van der Waals surface area contributed by atoms with E-state index >= 15 is 0 Å². The van der Waals surface area contributed by atoms with Crippen molar-refractivity contribution in [1.82, 2.24) is 25.7 Å². The minimum absolute atomic E-state index is 0.0284. The summed E-state index contributed by atoms with van der Waals surface area (Å²) in [6.45, 7) is 6.11. The standard InChI is InChI=1S/C22H19F3N4O2.C20H17F3N2O3.C2H4N2/c1-21(2,19(30)27-12-11-26)20-29-28-18(31-20)17-6-4-3-5-15(17)13-14-7-9-16(10-8-14)22(23,24)25;1-19(2,18(26)27)17-25-24-16(28-17)15-6-4-3-5-13(15)11-12-7-9-14(10-8-12)20(21,22)23;3-1-2-4/h3-10H,12-13H2,1-2H3,(H,27,30);3-10H,11H2,1-2H3,(H,26,27);1,3H2. The minimum atomic E-state index is -4.39. The second kappa shape index (κ2) is 20.5. The highest BCUT2D eigenvalue weighted by atomic mass is 19.4. The molecule has 0 saturated carbocycles. The third-order valence-electron chi connectivity index (χ3n) is 9.29. The highest BCUT2D eigenvalue weighted by molar-refractivity contribution is 5.86. The molecule has 19 heteroatoms. The van der Waals surface area contributed by atoms with Crippen LogP contribution in [0.1, 0.15) is 72.9 Å². The summed E-state index contributed by atoms with van der Waals surface area (Å²) in [5, 5.41) is 43.8. The van der Waals surface area contributed by atoms with Gasteiger partial charge in [-0.2, -0.15) is 36.9 Å². The first kappa shape index (κ1) is 48.3. The van der Waals surface area contributed by atoms with Crippen LogP contribution in [-0.4, -0.2) is 50.5 Å². The lowest BCUT2D eigenvalue weighted by atomic mass is 9.92. The third kappa shape index (κ3) is 12.6. The number of nitrogens with zero attached hydrogens (tertiary/aromatic N) is 6. The van der Waals surface area contributed by atoms with Gasteiger partial charge in [0.1, 0.15) is 17.4 Å². The van der Waals surface area contributed by atoms with E-state index in [1.807, 2.05) is 12.1 Å². The molecule has 63 heavy (non-hydrogen) atoms. The SMILES string of the molecule is CC(C)(C(=O)NCC#N)c1nnc(-c2ccccc2Cc2ccc(C(F)(F)F)cc2)o1.CC(C)(C(=O)O)c1nnc(-c2ccccc2Cc2ccc(C(F)(F)F)cc2)o1.N#CCN. The maximum absolute atomic E-state index is 12.8. The largest absolute Gasteiger partial charge is 0.480 e. The number of aliphatic carboxylic acids is 1. The van der Waals surface area contributed by atoms with E-state index in [1.54, 1.807) is 62.4 Å². The van der Waals surface area contributed by atoms with E-state index in [0.29, 0.717) is 35.1 Å². The maximum atomic E-state index is 12.8. The Hall–Kier alpha value is -7.38. The van der Waals surface area contributed by atoms with Crippen LogP contribution in [0.2, 0.25) is 0 Å². The predicted molar refractivity (Wildman–Crippen MR) is 215 cm³/mol. The summed E-state index contributed by atoms with van der Waals surface area (Å²) < 4.78 is 87.9. The molecule has 0 fully saturated rings. The van der Waals surface area contributed by atoms with Crippen LogP contribution in [0.15, 0.2) is 106 Å². The summed E-state index contributed by atoms with van der Waals surface area (Å²) in [4.78, 5) is 23.7. The van der Waals surface area contributed by atoms with E-state index in [2.05, 4.69) is 31.4 Å². The quantitative estimate of drug-likeness (QED) is 0.0825. The second-order valence-electron chi connectivity index (χ2n) is 14.6. The molecule has 4 aromatic carbocycles. The van der Waals surface area contributed by atoms with Crippen molar-refractivity contribution in [3.8, 4) is 35.0 Å². The molecule has 0 aliphatic heterocycles. The Morgan fingerprint density at radius 1 is 0.635 bits per heavy atom. The smallest absolute Gasteiger partial charge is 0.416 e. The van der Waals surface area contributed by atoms with Gasteiger partial charge in [-0.25, -0.2) is 0 Å². The number of nitrogens with one attached hydrogen (secondary N) is 1. The van der Waals surface area contributed by atoms with E-state index in [9.17, 15) is 41.0 Å². The van der Waals surface area contributed by atoms with E-state index in [1.165, 1.54) is 38.1 Å². The number of amides is 1. The minimum Gasteiger partial charge on any atom is -0.480 e. The molecule has 0 radical (unpaired) electrons. The predicted octanol–water partition coefficient (Wildman–Crippen LogP) is 8.44. The van der Waals surface area contributed by atoms with Crippen LogP contribution in [0.3, 0.4) is 0 Å². The molecular weight excluding hydrogens is 835 g/mol. The number of alkyl halides is 6. The van der Waals surface area contributed by atoms with Crippen molar-refractivity contribution in [3.05, 3.63) is 142 Å². The first-order chi connectivity index (χ1) is 29.6. The Balaban J connectivity index is 0.000000256. The maximum Gasteiger partial charge on any atom is 0.416 e. The topological polar surface area (TPSA) is 218 Å². The lowest BCUT2D eigenvalue weighted by Crippen LogP contribution is -2.40. The van der Waals surface area contributed by atoms with Crippen molar-refractivity contribution in [1.29, 1.82) is 10.5 Å². The van der Waals surface area contributed by atoms with Crippen LogP contribution >= 0.6 is 0 Å². The van der Waals surface area contributed by atoms with Gasteiger partial charge in [0.25, 0.3) is 0 Å². The highest BCUT2D eigenvalue weighted by Gasteiger charge is 2.37. The number of aromatic nitrogens is 4. The summed E-state index contributed by atoms with van der Waals surface area (Å²) in [5.74, 6) is -1.12. The zero-order valence-electron chi connectivity index (χ0n) is 34.2. The number of rotatable bonds is 11. The molecule has 0 atom stereocenters. The number of nitrogens with two attached hydrogens (primary N) is 1. The monoisotopic (exact) mass is 874 g/mol. The van der Waals surface area contributed by atoms with Gasteiger partial charge in [-0.1, -0.05) is 60.7 Å². The molecular formula is C44H40F6N8O5. The summed E-state index contributed by atoms with van der Waals surface area (Å²) in [6.07, 6.45) is -8.05. The number of carbonyl (C=O) groups excluding carboxylic acids is 1. The van der Waals surface area contributed by atoms with Crippen molar-refractivity contribution < 1.29 is 49.9 Å². The molecule has 0 bridgehead atoms. The van der Waals surface area contributed by atoms with Gasteiger partial charge >= 0.3 is 18.3 Å². The fraction of sp³-hybridized carbons (Fsp3) is 0.273. The van der Waals surface area contributed by atoms with Crippen molar-refractivity contribution >= 4 is 11.9 Å². The molecule has 0 aliphatic rings. The normalized spacial score (nSPS) is 11.5. The van der Waals surface area contributed by atoms with Gasteiger partial charge in [0.2, 0.25) is 29.5 Å². The van der Waals surface area contributed by atoms with Crippen LogP contribution in [0.4, 0.5) is 26.3 Å². The molecule has 1 amide bonds. The first-order valence-corrected chi connectivity index (χ1v) is 18.8. The summed E-state index contributed by atoms with van der Waals surface area (Å²) >= 11 is 0. The van der Waals surface area contributed by atoms with Gasteiger partial charge < -0.3 is 25.0 Å². The molecule has 0 spiro atoms. The number of benzene rings is 4. The Labute approximate surface area is 357 Å². The molecule has 4 N–H and O–H groups in total. The van der Waals surface area contributed by atoms with Crippen LogP contribution in [0.25, 0.3) is 22.9 Å². The molecule has 2 heterocycles. The van der Waals surface area contributed by atoms with E-state index < -0.39 is 46.2 Å². The van der Waals surface area contributed by atoms with Crippen molar-refractivity contribution in [2.24, 2.45) is 5.73 Å². The number of carboxylic acids is 1. The molecule has 2 aromatic heterocycles. The van der Waals surface area contributed by atoms with Crippen molar-refractivity contribution in [2.45, 2.75) is 63.7 Å². The van der Waals surface area contributed by atoms with Gasteiger partial charge in [0.05, 0.1) is 29.8 Å². The van der Waals surface area contributed by atoms with Crippen LogP contribution in [0, 0.1) is 22.7 Å². The summed E-state index contributed by atoms with van der Waals surface area (Å²) in [7, 11) is 0. The average molecular weight is 875 g/mol. The Morgan fingerprint density at radius 3 is 1.37 bits per heavy atom. The van der Waals surface area contributed by atoms with E-state index in [-0.39, 0.29) is 36.7 Å². The third-order valence-corrected chi connectivity index (χ3v) is 9.29. The summed E-state index contributed by atoms with van der Waals surface area (Å²) in [5.41, 5.74) is 4.91. The van der Waals surface area contributed by atoms with Crippen LogP contribution < -0.4 is 11.1 Å². The molecule has 0 unspecified atom stereocenters. The van der Waals surface area contributed by atoms with Gasteiger partial charge in [-0.05, 0) is 99.2 Å². The first-order valence-electron chi connectivity index (χ1n) is 18.8. The molecule has 328 valence electrons. The average Bonchev–Trinajstić information content (AvgIpc) is 3.96. The second-order valence-corrected chi connectivity index (χ2v) is 14.6. The Kier molecular flexibility index (Phi) is 15.7. The van der Waals surface area contributed by atoms with E-state index in [4.69, 9.17) is 19.4 Å². The molecule has 0 saturated heterocycles. The van der Waals surface area contributed by atoms with Gasteiger partial charge in [0.15, 0.2) is 0 Å².